The molecule has 5 heteroatoms. The first-order valence-electron chi connectivity index (χ1n) is 10.1. The highest BCUT2D eigenvalue weighted by molar-refractivity contribution is 5.66. The summed E-state index contributed by atoms with van der Waals surface area (Å²) in [7, 11) is 0. The van der Waals surface area contributed by atoms with Crippen LogP contribution >= 0.6 is 0 Å². The third-order valence-corrected chi connectivity index (χ3v) is 5.65. The predicted molar refractivity (Wildman–Crippen MR) is 105 cm³/mol. The lowest BCUT2D eigenvalue weighted by Crippen LogP contribution is -2.36. The van der Waals surface area contributed by atoms with E-state index in [9.17, 15) is 0 Å². The average molecular weight is 354 g/mol. The van der Waals surface area contributed by atoms with Crippen molar-refractivity contribution in [3.8, 4) is 11.1 Å². The number of hydrogen-bond donors (Lipinski definition) is 0. The van der Waals surface area contributed by atoms with Crippen molar-refractivity contribution < 1.29 is 4.74 Å². The van der Waals surface area contributed by atoms with Gasteiger partial charge in [-0.05, 0) is 30.9 Å². The van der Waals surface area contributed by atoms with Gasteiger partial charge in [-0.2, -0.15) is 5.10 Å². The molecule has 0 N–H and O–H groups in total. The molecule has 0 amide bonds. The van der Waals surface area contributed by atoms with E-state index < -0.39 is 0 Å². The van der Waals surface area contributed by atoms with Crippen LogP contribution in [0.3, 0.4) is 0 Å². The Balaban J connectivity index is 1.60. The molecule has 1 aliphatic heterocycles. The van der Waals surface area contributed by atoms with Gasteiger partial charge >= 0.3 is 0 Å². The number of pyridine rings is 1. The minimum absolute atomic E-state index is 0.411. The SMILES string of the molecule is CC(C)c1nn(C2CCCCC2)cc1-c1ccc(N2CCOCC2)nc1. The summed E-state index contributed by atoms with van der Waals surface area (Å²) in [5.74, 6) is 1.46. The average Bonchev–Trinajstić information content (AvgIpc) is 3.15. The van der Waals surface area contributed by atoms with Gasteiger partial charge in [-0.25, -0.2) is 4.98 Å². The second kappa shape index (κ2) is 7.78. The van der Waals surface area contributed by atoms with Crippen LogP contribution in [0.2, 0.25) is 0 Å². The van der Waals surface area contributed by atoms with E-state index in [2.05, 4.69) is 41.8 Å². The Hall–Kier alpha value is -1.88. The van der Waals surface area contributed by atoms with E-state index >= 15 is 0 Å². The van der Waals surface area contributed by atoms with E-state index in [0.29, 0.717) is 12.0 Å². The fraction of sp³-hybridized carbons (Fsp3) is 0.619. The Morgan fingerprint density at radius 2 is 1.85 bits per heavy atom. The van der Waals surface area contributed by atoms with Gasteiger partial charge in [0.15, 0.2) is 0 Å². The van der Waals surface area contributed by atoms with Crippen LogP contribution in [-0.2, 0) is 4.74 Å². The van der Waals surface area contributed by atoms with Crippen molar-refractivity contribution in [2.45, 2.75) is 57.9 Å². The lowest BCUT2D eigenvalue weighted by molar-refractivity contribution is 0.122. The highest BCUT2D eigenvalue weighted by atomic mass is 16.5. The highest BCUT2D eigenvalue weighted by Crippen LogP contribution is 2.33. The summed E-state index contributed by atoms with van der Waals surface area (Å²) in [5, 5.41) is 4.98. The first-order valence-corrected chi connectivity index (χ1v) is 10.1. The molecule has 4 rings (SSSR count). The Morgan fingerprint density at radius 1 is 1.08 bits per heavy atom. The molecular formula is C21H30N4O. The zero-order chi connectivity index (χ0) is 17.9. The van der Waals surface area contributed by atoms with Crippen LogP contribution < -0.4 is 4.90 Å². The maximum Gasteiger partial charge on any atom is 0.128 e. The maximum absolute atomic E-state index is 5.44. The lowest BCUT2D eigenvalue weighted by atomic mass is 9.96. The summed E-state index contributed by atoms with van der Waals surface area (Å²) < 4.78 is 7.67. The normalized spacial score (nSPS) is 19.3. The number of aromatic nitrogens is 3. The van der Waals surface area contributed by atoms with Gasteiger partial charge < -0.3 is 9.64 Å². The molecule has 0 radical (unpaired) electrons. The molecule has 5 nitrogen and oxygen atoms in total. The predicted octanol–water partition coefficient (Wildman–Crippen LogP) is 4.41. The minimum Gasteiger partial charge on any atom is -0.378 e. The zero-order valence-electron chi connectivity index (χ0n) is 16.0. The summed E-state index contributed by atoms with van der Waals surface area (Å²) in [6.07, 6.45) is 10.8. The number of nitrogens with zero attached hydrogens (tertiary/aromatic N) is 4. The van der Waals surface area contributed by atoms with Crippen molar-refractivity contribution in [2.75, 3.05) is 31.2 Å². The smallest absolute Gasteiger partial charge is 0.128 e. The molecule has 0 bridgehead atoms. The van der Waals surface area contributed by atoms with Crippen LogP contribution in [0.25, 0.3) is 11.1 Å². The van der Waals surface area contributed by atoms with Crippen molar-refractivity contribution in [1.29, 1.82) is 0 Å². The van der Waals surface area contributed by atoms with Gasteiger partial charge in [-0.3, -0.25) is 4.68 Å². The van der Waals surface area contributed by atoms with Crippen LogP contribution in [-0.4, -0.2) is 41.1 Å². The first kappa shape index (κ1) is 17.5. The molecule has 2 aromatic rings. The number of rotatable bonds is 4. The van der Waals surface area contributed by atoms with Gasteiger partial charge in [0, 0.05) is 36.6 Å². The quantitative estimate of drug-likeness (QED) is 0.816. The molecule has 1 saturated carbocycles. The van der Waals surface area contributed by atoms with E-state index in [1.807, 2.05) is 6.20 Å². The summed E-state index contributed by atoms with van der Waals surface area (Å²) in [6, 6.07) is 4.91. The van der Waals surface area contributed by atoms with Gasteiger partial charge in [0.1, 0.15) is 5.82 Å². The molecule has 0 atom stereocenters. The van der Waals surface area contributed by atoms with Crippen molar-refractivity contribution in [2.24, 2.45) is 0 Å². The van der Waals surface area contributed by atoms with Crippen LogP contribution in [0.4, 0.5) is 5.82 Å². The molecule has 3 heterocycles. The second-order valence-corrected chi connectivity index (χ2v) is 7.86. The standard InChI is InChI=1S/C21H30N4O/c1-16(2)21-19(15-25(23-21)18-6-4-3-5-7-18)17-8-9-20(22-14-17)24-10-12-26-13-11-24/h8-9,14-16,18H,3-7,10-13H2,1-2H3. The Kier molecular flexibility index (Phi) is 5.25. The zero-order valence-corrected chi connectivity index (χ0v) is 16.0. The van der Waals surface area contributed by atoms with Crippen LogP contribution in [0, 0.1) is 0 Å². The summed E-state index contributed by atoms with van der Waals surface area (Å²) in [4.78, 5) is 7.03. The minimum atomic E-state index is 0.411. The third kappa shape index (κ3) is 3.63. The molecule has 1 saturated heterocycles. The number of ether oxygens (including phenoxy) is 1. The highest BCUT2D eigenvalue weighted by Gasteiger charge is 2.21. The number of hydrogen-bond acceptors (Lipinski definition) is 4. The lowest BCUT2D eigenvalue weighted by Gasteiger charge is -2.27. The Bertz CT molecular complexity index is 710. The number of morpholine rings is 1. The van der Waals surface area contributed by atoms with Crippen LogP contribution in [0.5, 0.6) is 0 Å². The summed E-state index contributed by atoms with van der Waals surface area (Å²) >= 11 is 0. The Labute approximate surface area is 156 Å². The number of anilines is 1. The fourth-order valence-electron chi connectivity index (χ4n) is 4.11. The topological polar surface area (TPSA) is 43.2 Å². The summed E-state index contributed by atoms with van der Waals surface area (Å²) in [6.45, 7) is 7.87. The molecule has 2 fully saturated rings. The van der Waals surface area contributed by atoms with Gasteiger partial charge in [0.2, 0.25) is 0 Å². The first-order chi connectivity index (χ1) is 12.7. The van der Waals surface area contributed by atoms with Gasteiger partial charge in [-0.1, -0.05) is 33.1 Å². The van der Waals surface area contributed by atoms with Gasteiger partial charge in [0.05, 0.1) is 24.9 Å². The molecule has 140 valence electrons. The molecule has 2 aliphatic rings. The van der Waals surface area contributed by atoms with Crippen molar-refractivity contribution in [3.63, 3.8) is 0 Å². The second-order valence-electron chi connectivity index (χ2n) is 7.86. The Morgan fingerprint density at radius 3 is 2.50 bits per heavy atom. The molecule has 0 spiro atoms. The molecular weight excluding hydrogens is 324 g/mol. The largest absolute Gasteiger partial charge is 0.378 e. The van der Waals surface area contributed by atoms with Gasteiger partial charge in [-0.15, -0.1) is 0 Å². The molecule has 0 unspecified atom stereocenters. The van der Waals surface area contributed by atoms with E-state index in [0.717, 1.165) is 32.1 Å². The third-order valence-electron chi connectivity index (χ3n) is 5.65. The van der Waals surface area contributed by atoms with Crippen LogP contribution in [0.1, 0.15) is 63.6 Å². The molecule has 26 heavy (non-hydrogen) atoms. The fourth-order valence-corrected chi connectivity index (χ4v) is 4.11. The van der Waals surface area contributed by atoms with E-state index in [-0.39, 0.29) is 0 Å². The monoisotopic (exact) mass is 354 g/mol. The van der Waals surface area contributed by atoms with E-state index in [1.165, 1.54) is 48.9 Å². The van der Waals surface area contributed by atoms with E-state index in [4.69, 9.17) is 14.8 Å². The molecule has 2 aromatic heterocycles. The van der Waals surface area contributed by atoms with Crippen molar-refractivity contribution in [1.82, 2.24) is 14.8 Å². The van der Waals surface area contributed by atoms with Crippen molar-refractivity contribution >= 4 is 5.82 Å². The van der Waals surface area contributed by atoms with Crippen molar-refractivity contribution in [3.05, 3.63) is 30.2 Å². The summed E-state index contributed by atoms with van der Waals surface area (Å²) in [5.41, 5.74) is 3.61. The van der Waals surface area contributed by atoms with E-state index in [1.54, 1.807) is 0 Å². The molecule has 0 aromatic carbocycles. The maximum atomic E-state index is 5.44. The molecule has 1 aliphatic carbocycles. The van der Waals surface area contributed by atoms with Gasteiger partial charge in [0.25, 0.3) is 0 Å². The van der Waals surface area contributed by atoms with Crippen LogP contribution in [0.15, 0.2) is 24.5 Å².